The number of rotatable bonds is 3. The van der Waals surface area contributed by atoms with E-state index in [0.717, 1.165) is 12.8 Å². The summed E-state index contributed by atoms with van der Waals surface area (Å²) in [7, 11) is 0. The van der Waals surface area contributed by atoms with E-state index in [1.165, 1.54) is 18.9 Å². The van der Waals surface area contributed by atoms with Crippen LogP contribution in [-0.2, 0) is 0 Å². The fraction of sp³-hybridized carbons (Fsp3) is 0.500. The molecule has 5 heteroatoms. The van der Waals surface area contributed by atoms with Crippen LogP contribution in [0.25, 0.3) is 0 Å². The van der Waals surface area contributed by atoms with E-state index < -0.39 is 0 Å². The summed E-state index contributed by atoms with van der Waals surface area (Å²) in [6.07, 6.45) is 4.57. The normalized spacial score (nSPS) is 17.5. The number of nitro benzene ring substituents is 1. The van der Waals surface area contributed by atoms with Crippen molar-refractivity contribution in [1.29, 1.82) is 0 Å². The topological polar surface area (TPSA) is 69.2 Å². The smallest absolute Gasteiger partial charge is 0.274 e. The van der Waals surface area contributed by atoms with Gasteiger partial charge in [0.1, 0.15) is 0 Å². The molecule has 1 fully saturated rings. The molecule has 0 heterocycles. The lowest BCUT2D eigenvalue weighted by molar-refractivity contribution is -0.385. The fourth-order valence-corrected chi connectivity index (χ4v) is 2.51. The SMILES string of the molecule is Cl.N[C@H](c1ccccc1[N+](=O)[O-])C1CCCC1. The molecule has 0 aliphatic heterocycles. The molecule has 94 valence electrons. The molecule has 2 rings (SSSR count). The lowest BCUT2D eigenvalue weighted by Gasteiger charge is -2.18. The lowest BCUT2D eigenvalue weighted by Crippen LogP contribution is -2.20. The van der Waals surface area contributed by atoms with Gasteiger partial charge in [-0.25, -0.2) is 0 Å². The molecule has 0 aromatic heterocycles. The molecule has 0 radical (unpaired) electrons. The average Bonchev–Trinajstić information content (AvgIpc) is 2.81. The Bertz CT molecular complexity index is 392. The Morgan fingerprint density at radius 1 is 1.29 bits per heavy atom. The maximum Gasteiger partial charge on any atom is 0.274 e. The molecule has 1 aromatic rings. The number of para-hydroxylation sites is 1. The summed E-state index contributed by atoms with van der Waals surface area (Å²) in [5, 5.41) is 10.9. The summed E-state index contributed by atoms with van der Waals surface area (Å²) < 4.78 is 0. The summed E-state index contributed by atoms with van der Waals surface area (Å²) in [5.74, 6) is 0.404. The lowest BCUT2D eigenvalue weighted by atomic mass is 9.91. The zero-order valence-electron chi connectivity index (χ0n) is 9.54. The first-order chi connectivity index (χ1) is 7.70. The molecule has 0 amide bonds. The predicted molar refractivity (Wildman–Crippen MR) is 69.2 cm³/mol. The molecule has 0 saturated heterocycles. The van der Waals surface area contributed by atoms with Gasteiger partial charge in [-0.2, -0.15) is 0 Å². The molecule has 0 bridgehead atoms. The number of hydrogen-bond donors (Lipinski definition) is 1. The van der Waals surface area contributed by atoms with Crippen molar-refractivity contribution < 1.29 is 4.92 Å². The van der Waals surface area contributed by atoms with E-state index in [4.69, 9.17) is 5.73 Å². The monoisotopic (exact) mass is 256 g/mol. The number of benzene rings is 1. The van der Waals surface area contributed by atoms with Crippen LogP contribution in [0.1, 0.15) is 37.3 Å². The van der Waals surface area contributed by atoms with Gasteiger partial charge in [-0.3, -0.25) is 10.1 Å². The van der Waals surface area contributed by atoms with E-state index in [2.05, 4.69) is 0 Å². The Hall–Kier alpha value is -1.13. The van der Waals surface area contributed by atoms with Crippen LogP contribution in [0.15, 0.2) is 24.3 Å². The highest BCUT2D eigenvalue weighted by molar-refractivity contribution is 5.85. The Labute approximate surface area is 107 Å². The largest absolute Gasteiger partial charge is 0.324 e. The first-order valence-electron chi connectivity index (χ1n) is 5.69. The first kappa shape index (κ1) is 13.9. The molecule has 1 saturated carbocycles. The first-order valence-corrected chi connectivity index (χ1v) is 5.69. The van der Waals surface area contributed by atoms with Crippen LogP contribution in [0.3, 0.4) is 0 Å². The number of nitrogens with zero attached hydrogens (tertiary/aromatic N) is 1. The molecule has 0 unspecified atom stereocenters. The average molecular weight is 257 g/mol. The Balaban J connectivity index is 0.00000144. The van der Waals surface area contributed by atoms with Gasteiger partial charge in [0.25, 0.3) is 5.69 Å². The third-order valence-corrected chi connectivity index (χ3v) is 3.40. The minimum atomic E-state index is -0.343. The zero-order valence-corrected chi connectivity index (χ0v) is 10.4. The van der Waals surface area contributed by atoms with Crippen LogP contribution >= 0.6 is 12.4 Å². The van der Waals surface area contributed by atoms with Crippen LogP contribution in [0.4, 0.5) is 5.69 Å². The molecular formula is C12H17ClN2O2. The van der Waals surface area contributed by atoms with Crippen molar-refractivity contribution >= 4 is 18.1 Å². The van der Waals surface area contributed by atoms with Gasteiger partial charge in [0.15, 0.2) is 0 Å². The molecule has 1 atom stereocenters. The highest BCUT2D eigenvalue weighted by Crippen LogP contribution is 2.37. The predicted octanol–water partition coefficient (Wildman–Crippen LogP) is 3.21. The van der Waals surface area contributed by atoms with Crippen molar-refractivity contribution in [2.45, 2.75) is 31.7 Å². The van der Waals surface area contributed by atoms with Crippen molar-refractivity contribution in [1.82, 2.24) is 0 Å². The summed E-state index contributed by atoms with van der Waals surface area (Å²) in [6, 6.07) is 6.62. The molecule has 1 aliphatic carbocycles. The quantitative estimate of drug-likeness (QED) is 0.667. The third kappa shape index (κ3) is 2.96. The Morgan fingerprint density at radius 3 is 2.47 bits per heavy atom. The molecule has 2 N–H and O–H groups in total. The molecule has 1 aliphatic rings. The standard InChI is InChI=1S/C12H16N2O2.ClH/c13-12(9-5-1-2-6-9)10-7-3-4-8-11(10)14(15)16;/h3-4,7-9,12H,1-2,5-6,13H2;1H/t12-;/m0./s1. The Morgan fingerprint density at radius 2 is 1.88 bits per heavy atom. The highest BCUT2D eigenvalue weighted by atomic mass is 35.5. The molecule has 4 nitrogen and oxygen atoms in total. The van der Waals surface area contributed by atoms with E-state index in [0.29, 0.717) is 11.5 Å². The second-order valence-electron chi connectivity index (χ2n) is 4.39. The van der Waals surface area contributed by atoms with Crippen molar-refractivity contribution in [2.75, 3.05) is 0 Å². The van der Waals surface area contributed by atoms with Gasteiger partial charge >= 0.3 is 0 Å². The van der Waals surface area contributed by atoms with Gasteiger partial charge in [-0.05, 0) is 18.8 Å². The van der Waals surface area contributed by atoms with Crippen LogP contribution in [-0.4, -0.2) is 4.92 Å². The second-order valence-corrected chi connectivity index (χ2v) is 4.39. The van der Waals surface area contributed by atoms with Crippen LogP contribution in [0, 0.1) is 16.0 Å². The second kappa shape index (κ2) is 5.98. The van der Waals surface area contributed by atoms with Crippen LogP contribution < -0.4 is 5.73 Å². The van der Waals surface area contributed by atoms with Crippen molar-refractivity contribution in [3.05, 3.63) is 39.9 Å². The zero-order chi connectivity index (χ0) is 11.5. The van der Waals surface area contributed by atoms with E-state index in [1.54, 1.807) is 12.1 Å². The van der Waals surface area contributed by atoms with E-state index in [-0.39, 0.29) is 29.1 Å². The van der Waals surface area contributed by atoms with Gasteiger partial charge in [-0.1, -0.05) is 31.0 Å². The maximum absolute atomic E-state index is 10.9. The molecular weight excluding hydrogens is 240 g/mol. The van der Waals surface area contributed by atoms with Gasteiger partial charge in [0, 0.05) is 17.7 Å². The molecule has 17 heavy (non-hydrogen) atoms. The third-order valence-electron chi connectivity index (χ3n) is 3.40. The number of halogens is 1. The van der Waals surface area contributed by atoms with Gasteiger partial charge in [0.2, 0.25) is 0 Å². The number of hydrogen-bond acceptors (Lipinski definition) is 3. The van der Waals surface area contributed by atoms with Crippen LogP contribution in [0.5, 0.6) is 0 Å². The van der Waals surface area contributed by atoms with Crippen LogP contribution in [0.2, 0.25) is 0 Å². The molecule has 0 spiro atoms. The summed E-state index contributed by atoms with van der Waals surface area (Å²) >= 11 is 0. The Kier molecular flexibility index (Phi) is 4.90. The maximum atomic E-state index is 10.9. The van der Waals surface area contributed by atoms with Gasteiger partial charge < -0.3 is 5.73 Å². The minimum Gasteiger partial charge on any atom is -0.324 e. The van der Waals surface area contributed by atoms with E-state index in [1.807, 2.05) is 6.07 Å². The van der Waals surface area contributed by atoms with Crippen molar-refractivity contribution in [2.24, 2.45) is 11.7 Å². The van der Waals surface area contributed by atoms with E-state index >= 15 is 0 Å². The summed E-state index contributed by atoms with van der Waals surface area (Å²) in [6.45, 7) is 0. The summed E-state index contributed by atoms with van der Waals surface area (Å²) in [5.41, 5.74) is 6.97. The number of nitrogens with two attached hydrogens (primary N) is 1. The highest BCUT2D eigenvalue weighted by Gasteiger charge is 2.27. The minimum absolute atomic E-state index is 0. The van der Waals surface area contributed by atoms with Gasteiger partial charge in [0.05, 0.1) is 4.92 Å². The van der Waals surface area contributed by atoms with E-state index in [9.17, 15) is 10.1 Å². The van der Waals surface area contributed by atoms with Crippen molar-refractivity contribution in [3.63, 3.8) is 0 Å². The fourth-order valence-electron chi connectivity index (χ4n) is 2.51. The van der Waals surface area contributed by atoms with Gasteiger partial charge in [-0.15, -0.1) is 12.4 Å². The summed E-state index contributed by atoms with van der Waals surface area (Å²) in [4.78, 5) is 10.5. The number of nitro groups is 1. The molecule has 1 aromatic carbocycles. The van der Waals surface area contributed by atoms with Crippen molar-refractivity contribution in [3.8, 4) is 0 Å².